The van der Waals surface area contributed by atoms with E-state index in [-0.39, 0.29) is 5.82 Å². The molecule has 0 amide bonds. The predicted molar refractivity (Wildman–Crippen MR) is 44.7 cm³/mol. The molecule has 4 heteroatoms. The molecule has 2 nitrogen and oxygen atoms in total. The maximum Gasteiger partial charge on any atom is 0.144 e. The standard InChI is InChI=1S/C7H8BrFN2/c8-7-2-1-5(9)6(11-7)3-4-10/h1-2H,3-4,10H2. The molecule has 0 bridgehead atoms. The summed E-state index contributed by atoms with van der Waals surface area (Å²) in [4.78, 5) is 3.92. The normalized spacial score (nSPS) is 10.1. The summed E-state index contributed by atoms with van der Waals surface area (Å²) in [6.07, 6.45) is 0.477. The van der Waals surface area contributed by atoms with Crippen molar-refractivity contribution in [1.82, 2.24) is 4.98 Å². The summed E-state index contributed by atoms with van der Waals surface area (Å²) in [5.41, 5.74) is 5.68. The van der Waals surface area contributed by atoms with Crippen LogP contribution in [0.3, 0.4) is 0 Å². The van der Waals surface area contributed by atoms with Crippen molar-refractivity contribution in [2.45, 2.75) is 6.42 Å². The predicted octanol–water partition coefficient (Wildman–Crippen LogP) is 1.48. The molecule has 0 spiro atoms. The van der Waals surface area contributed by atoms with Crippen molar-refractivity contribution in [2.75, 3.05) is 6.54 Å². The fourth-order valence-corrected chi connectivity index (χ4v) is 1.12. The van der Waals surface area contributed by atoms with Gasteiger partial charge in [-0.05, 0) is 34.6 Å². The van der Waals surface area contributed by atoms with Gasteiger partial charge in [-0.25, -0.2) is 9.37 Å². The van der Waals surface area contributed by atoms with E-state index in [0.29, 0.717) is 23.3 Å². The molecule has 0 unspecified atom stereocenters. The second-order valence-electron chi connectivity index (χ2n) is 2.10. The van der Waals surface area contributed by atoms with Gasteiger partial charge in [0, 0.05) is 6.42 Å². The SMILES string of the molecule is NCCc1nc(Br)ccc1F. The van der Waals surface area contributed by atoms with Crippen LogP contribution in [0.15, 0.2) is 16.7 Å². The van der Waals surface area contributed by atoms with Gasteiger partial charge in [0.15, 0.2) is 0 Å². The molecule has 0 fully saturated rings. The number of nitrogens with zero attached hydrogens (tertiary/aromatic N) is 1. The van der Waals surface area contributed by atoms with Gasteiger partial charge >= 0.3 is 0 Å². The molecule has 0 saturated carbocycles. The Kier molecular flexibility index (Phi) is 2.96. The highest BCUT2D eigenvalue weighted by Gasteiger charge is 2.02. The first-order valence-electron chi connectivity index (χ1n) is 3.25. The lowest BCUT2D eigenvalue weighted by Gasteiger charge is -1.99. The zero-order chi connectivity index (χ0) is 8.27. The highest BCUT2D eigenvalue weighted by atomic mass is 79.9. The molecule has 0 aliphatic carbocycles. The fourth-order valence-electron chi connectivity index (χ4n) is 0.770. The van der Waals surface area contributed by atoms with E-state index in [0.717, 1.165) is 0 Å². The molecule has 1 heterocycles. The smallest absolute Gasteiger partial charge is 0.144 e. The van der Waals surface area contributed by atoms with Gasteiger partial charge in [-0.1, -0.05) is 0 Å². The van der Waals surface area contributed by atoms with Gasteiger partial charge in [0.05, 0.1) is 5.69 Å². The summed E-state index contributed by atoms with van der Waals surface area (Å²) in [5.74, 6) is -0.293. The Bertz CT molecular complexity index is 252. The third-order valence-electron chi connectivity index (χ3n) is 1.27. The van der Waals surface area contributed by atoms with E-state index in [4.69, 9.17) is 5.73 Å². The van der Waals surface area contributed by atoms with Crippen molar-refractivity contribution in [2.24, 2.45) is 5.73 Å². The summed E-state index contributed by atoms with van der Waals surface area (Å²) in [7, 11) is 0. The van der Waals surface area contributed by atoms with Gasteiger partial charge in [-0.2, -0.15) is 0 Å². The Balaban J connectivity index is 2.93. The second-order valence-corrected chi connectivity index (χ2v) is 2.91. The topological polar surface area (TPSA) is 38.9 Å². The average molecular weight is 219 g/mol. The van der Waals surface area contributed by atoms with Crippen LogP contribution in [0.2, 0.25) is 0 Å². The van der Waals surface area contributed by atoms with Crippen LogP contribution < -0.4 is 5.73 Å². The molecule has 1 rings (SSSR count). The van der Waals surface area contributed by atoms with Crippen LogP contribution in [-0.4, -0.2) is 11.5 Å². The number of nitrogens with two attached hydrogens (primary N) is 1. The highest BCUT2D eigenvalue weighted by Crippen LogP contribution is 2.10. The molecule has 0 radical (unpaired) electrons. The number of aromatic nitrogens is 1. The maximum absolute atomic E-state index is 12.8. The summed E-state index contributed by atoms with van der Waals surface area (Å²) >= 11 is 3.15. The number of pyridine rings is 1. The molecule has 1 aromatic rings. The largest absolute Gasteiger partial charge is 0.330 e. The van der Waals surface area contributed by atoms with Crippen molar-refractivity contribution in [3.63, 3.8) is 0 Å². The molecule has 1 aromatic heterocycles. The first kappa shape index (κ1) is 8.62. The van der Waals surface area contributed by atoms with E-state index < -0.39 is 0 Å². The average Bonchev–Trinajstić information content (AvgIpc) is 1.98. The van der Waals surface area contributed by atoms with Gasteiger partial charge in [0.25, 0.3) is 0 Å². The van der Waals surface area contributed by atoms with Crippen LogP contribution in [0.5, 0.6) is 0 Å². The second kappa shape index (κ2) is 3.78. The lowest BCUT2D eigenvalue weighted by atomic mass is 10.2. The number of halogens is 2. The van der Waals surface area contributed by atoms with Crippen molar-refractivity contribution >= 4 is 15.9 Å². The monoisotopic (exact) mass is 218 g/mol. The zero-order valence-corrected chi connectivity index (χ0v) is 7.44. The summed E-state index contributed by atoms with van der Waals surface area (Å²) < 4.78 is 13.5. The van der Waals surface area contributed by atoms with Crippen molar-refractivity contribution in [3.05, 3.63) is 28.2 Å². The van der Waals surface area contributed by atoms with Crippen LogP contribution in [0.25, 0.3) is 0 Å². The molecule has 2 N–H and O–H groups in total. The summed E-state index contributed by atoms with van der Waals surface area (Å²) in [5, 5.41) is 0. The minimum absolute atomic E-state index is 0.293. The Morgan fingerprint density at radius 2 is 2.27 bits per heavy atom. The van der Waals surface area contributed by atoms with Crippen molar-refractivity contribution in [3.8, 4) is 0 Å². The Morgan fingerprint density at radius 3 is 2.91 bits per heavy atom. The van der Waals surface area contributed by atoms with Crippen LogP contribution in [0.4, 0.5) is 4.39 Å². The quantitative estimate of drug-likeness (QED) is 0.765. The van der Waals surface area contributed by atoms with Gasteiger partial charge < -0.3 is 5.73 Å². The van der Waals surface area contributed by atoms with Crippen LogP contribution in [0.1, 0.15) is 5.69 Å². The molecule has 0 aliphatic heterocycles. The van der Waals surface area contributed by atoms with E-state index >= 15 is 0 Å². The van der Waals surface area contributed by atoms with E-state index in [9.17, 15) is 4.39 Å². The highest BCUT2D eigenvalue weighted by molar-refractivity contribution is 9.10. The fraction of sp³-hybridized carbons (Fsp3) is 0.286. The molecule has 60 valence electrons. The van der Waals surface area contributed by atoms with Crippen molar-refractivity contribution < 1.29 is 4.39 Å². The van der Waals surface area contributed by atoms with Gasteiger partial charge in [0.1, 0.15) is 10.4 Å². The number of hydrogen-bond acceptors (Lipinski definition) is 2. The van der Waals surface area contributed by atoms with E-state index in [1.165, 1.54) is 6.07 Å². The Labute approximate surface area is 72.8 Å². The molecule has 11 heavy (non-hydrogen) atoms. The van der Waals surface area contributed by atoms with E-state index in [1.54, 1.807) is 6.07 Å². The Hall–Kier alpha value is -0.480. The van der Waals surface area contributed by atoms with Crippen molar-refractivity contribution in [1.29, 1.82) is 0 Å². The third-order valence-corrected chi connectivity index (χ3v) is 1.71. The lowest BCUT2D eigenvalue weighted by molar-refractivity contribution is 0.597. The van der Waals surface area contributed by atoms with Gasteiger partial charge in [0.2, 0.25) is 0 Å². The molecular formula is C7H8BrFN2. The minimum Gasteiger partial charge on any atom is -0.330 e. The molecule has 0 saturated heterocycles. The van der Waals surface area contributed by atoms with Gasteiger partial charge in [-0.15, -0.1) is 0 Å². The third kappa shape index (κ3) is 2.24. The molecule has 0 aliphatic rings. The first-order valence-corrected chi connectivity index (χ1v) is 4.04. The number of rotatable bonds is 2. The van der Waals surface area contributed by atoms with E-state index in [1.807, 2.05) is 0 Å². The zero-order valence-electron chi connectivity index (χ0n) is 5.85. The first-order chi connectivity index (χ1) is 5.24. The van der Waals surface area contributed by atoms with Crippen LogP contribution in [0, 0.1) is 5.82 Å². The van der Waals surface area contributed by atoms with E-state index in [2.05, 4.69) is 20.9 Å². The molecule has 0 atom stereocenters. The number of hydrogen-bond donors (Lipinski definition) is 1. The minimum atomic E-state index is -0.293. The van der Waals surface area contributed by atoms with Gasteiger partial charge in [-0.3, -0.25) is 0 Å². The maximum atomic E-state index is 12.8. The molecular weight excluding hydrogens is 211 g/mol. The Morgan fingerprint density at radius 1 is 1.55 bits per heavy atom. The van der Waals surface area contributed by atoms with Crippen LogP contribution >= 0.6 is 15.9 Å². The summed E-state index contributed by atoms with van der Waals surface area (Å²) in [6, 6.07) is 2.94. The van der Waals surface area contributed by atoms with Crippen LogP contribution in [-0.2, 0) is 6.42 Å². The lowest BCUT2D eigenvalue weighted by Crippen LogP contribution is -2.06. The molecule has 0 aromatic carbocycles. The summed E-state index contributed by atoms with van der Waals surface area (Å²) in [6.45, 7) is 0.417.